The van der Waals surface area contributed by atoms with Crippen molar-refractivity contribution in [3.05, 3.63) is 53.6 Å². The number of aryl methyl sites for hydroxylation is 2. The van der Waals surface area contributed by atoms with Gasteiger partial charge in [0.1, 0.15) is 5.75 Å². The first-order chi connectivity index (χ1) is 11.6. The van der Waals surface area contributed by atoms with Gasteiger partial charge >= 0.3 is 0 Å². The summed E-state index contributed by atoms with van der Waals surface area (Å²) in [6.07, 6.45) is 7.39. The number of carbonyl (C=O) groups excluding carboxylic acids is 1. The predicted molar refractivity (Wildman–Crippen MR) is 92.1 cm³/mol. The van der Waals surface area contributed by atoms with Crippen molar-refractivity contribution in [2.75, 3.05) is 0 Å². The molecule has 3 rings (SSSR count). The van der Waals surface area contributed by atoms with Crippen LogP contribution in [0.25, 0.3) is 0 Å². The number of carbonyl (C=O) groups is 1. The minimum absolute atomic E-state index is 0.0342. The molecule has 0 bridgehead atoms. The van der Waals surface area contributed by atoms with E-state index in [4.69, 9.17) is 4.74 Å². The molecule has 5 nitrogen and oxygen atoms in total. The molecule has 1 saturated carbocycles. The molecule has 1 amide bonds. The Bertz CT molecular complexity index is 709. The lowest BCUT2D eigenvalue weighted by Gasteiger charge is -2.29. The van der Waals surface area contributed by atoms with E-state index >= 15 is 0 Å². The van der Waals surface area contributed by atoms with Gasteiger partial charge in [0.05, 0.1) is 17.4 Å². The van der Waals surface area contributed by atoms with Gasteiger partial charge in [-0.2, -0.15) is 0 Å². The van der Waals surface area contributed by atoms with Gasteiger partial charge in [-0.3, -0.25) is 14.8 Å². The van der Waals surface area contributed by atoms with Gasteiger partial charge in [-0.25, -0.2) is 0 Å². The van der Waals surface area contributed by atoms with Gasteiger partial charge in [0.15, 0.2) is 0 Å². The molecule has 0 unspecified atom stereocenters. The van der Waals surface area contributed by atoms with Gasteiger partial charge in [-0.05, 0) is 63.8 Å². The molecule has 0 saturated heterocycles. The lowest BCUT2D eigenvalue weighted by Crippen LogP contribution is -2.40. The average Bonchev–Trinajstić information content (AvgIpc) is 2.59. The Balaban J connectivity index is 1.51. The number of aromatic nitrogens is 2. The third-order valence-electron chi connectivity index (χ3n) is 4.51. The fourth-order valence-corrected chi connectivity index (χ4v) is 3.09. The van der Waals surface area contributed by atoms with Gasteiger partial charge < -0.3 is 10.1 Å². The largest absolute Gasteiger partial charge is 0.489 e. The first kappa shape index (κ1) is 16.4. The zero-order valence-electron chi connectivity index (χ0n) is 14.2. The van der Waals surface area contributed by atoms with Crippen LogP contribution in [0.3, 0.4) is 0 Å². The highest BCUT2D eigenvalue weighted by Crippen LogP contribution is 2.25. The maximum absolute atomic E-state index is 12.4. The Morgan fingerprint density at radius 2 is 1.71 bits per heavy atom. The molecular weight excluding hydrogens is 302 g/mol. The number of nitrogens with one attached hydrogen (secondary N) is 1. The summed E-state index contributed by atoms with van der Waals surface area (Å²) < 4.78 is 6.06. The summed E-state index contributed by atoms with van der Waals surface area (Å²) in [5.41, 5.74) is 2.33. The van der Waals surface area contributed by atoms with Crippen molar-refractivity contribution in [2.45, 2.75) is 51.7 Å². The predicted octanol–water partition coefficient (Wildman–Crippen LogP) is 3.21. The minimum Gasteiger partial charge on any atom is -0.489 e. The van der Waals surface area contributed by atoms with E-state index in [1.807, 2.05) is 32.0 Å². The minimum atomic E-state index is -0.0342. The molecule has 2 heterocycles. The molecule has 1 N–H and O–H groups in total. The topological polar surface area (TPSA) is 64.1 Å². The van der Waals surface area contributed by atoms with Crippen LogP contribution in [-0.4, -0.2) is 28.0 Å². The summed E-state index contributed by atoms with van der Waals surface area (Å²) in [6, 6.07) is 7.67. The average molecular weight is 325 g/mol. The van der Waals surface area contributed by atoms with Crippen LogP contribution in [0.4, 0.5) is 0 Å². The number of nitrogens with zero attached hydrogens (tertiary/aromatic N) is 2. The van der Waals surface area contributed by atoms with Crippen LogP contribution >= 0.6 is 0 Å². The van der Waals surface area contributed by atoms with E-state index in [9.17, 15) is 4.79 Å². The molecule has 24 heavy (non-hydrogen) atoms. The fraction of sp³-hybridized carbons (Fsp3) is 0.421. The van der Waals surface area contributed by atoms with E-state index in [2.05, 4.69) is 15.3 Å². The molecule has 1 aliphatic carbocycles. The van der Waals surface area contributed by atoms with Crippen LogP contribution in [0.1, 0.15) is 47.4 Å². The third kappa shape index (κ3) is 3.91. The van der Waals surface area contributed by atoms with Crippen molar-refractivity contribution in [3.8, 4) is 5.75 Å². The number of pyridine rings is 2. The van der Waals surface area contributed by atoms with Gasteiger partial charge in [-0.1, -0.05) is 0 Å². The van der Waals surface area contributed by atoms with E-state index in [-0.39, 0.29) is 18.1 Å². The Hall–Kier alpha value is -2.43. The second-order valence-corrected chi connectivity index (χ2v) is 6.29. The van der Waals surface area contributed by atoms with Crippen molar-refractivity contribution < 1.29 is 9.53 Å². The van der Waals surface area contributed by atoms with Crippen molar-refractivity contribution in [2.24, 2.45) is 0 Å². The number of rotatable bonds is 4. The molecule has 2 aromatic heterocycles. The van der Waals surface area contributed by atoms with Crippen LogP contribution in [0.5, 0.6) is 5.75 Å². The van der Waals surface area contributed by atoms with Gasteiger partial charge in [0, 0.05) is 24.1 Å². The summed E-state index contributed by atoms with van der Waals surface area (Å²) in [6.45, 7) is 3.81. The Kier molecular flexibility index (Phi) is 5.08. The van der Waals surface area contributed by atoms with Crippen molar-refractivity contribution in [1.29, 1.82) is 0 Å². The summed E-state index contributed by atoms with van der Waals surface area (Å²) >= 11 is 0. The maximum atomic E-state index is 12.4. The van der Waals surface area contributed by atoms with Crippen molar-refractivity contribution in [3.63, 3.8) is 0 Å². The van der Waals surface area contributed by atoms with Crippen LogP contribution in [0, 0.1) is 13.8 Å². The quantitative estimate of drug-likeness (QED) is 0.937. The van der Waals surface area contributed by atoms with Crippen LogP contribution in [-0.2, 0) is 0 Å². The Morgan fingerprint density at radius 3 is 2.38 bits per heavy atom. The van der Waals surface area contributed by atoms with Crippen molar-refractivity contribution in [1.82, 2.24) is 15.3 Å². The summed E-state index contributed by atoms with van der Waals surface area (Å²) in [4.78, 5) is 20.8. The number of hydrogen-bond donors (Lipinski definition) is 1. The van der Waals surface area contributed by atoms with Crippen LogP contribution in [0.15, 0.2) is 36.7 Å². The van der Waals surface area contributed by atoms with Crippen molar-refractivity contribution >= 4 is 5.91 Å². The molecule has 1 fully saturated rings. The SMILES string of the molecule is Cc1ncccc1OC1CCC(NC(=O)c2cccnc2C)CC1. The summed E-state index contributed by atoms with van der Waals surface area (Å²) in [5, 5.41) is 3.12. The molecule has 1 aliphatic rings. The lowest BCUT2D eigenvalue weighted by atomic mass is 9.92. The van der Waals surface area contributed by atoms with E-state index in [1.54, 1.807) is 18.5 Å². The number of hydrogen-bond acceptors (Lipinski definition) is 4. The zero-order valence-corrected chi connectivity index (χ0v) is 14.2. The lowest BCUT2D eigenvalue weighted by molar-refractivity contribution is 0.0892. The van der Waals surface area contributed by atoms with E-state index in [0.717, 1.165) is 42.8 Å². The first-order valence-electron chi connectivity index (χ1n) is 8.44. The zero-order chi connectivity index (χ0) is 16.9. The first-order valence-corrected chi connectivity index (χ1v) is 8.44. The van der Waals surface area contributed by atoms with E-state index in [0.29, 0.717) is 5.56 Å². The highest BCUT2D eigenvalue weighted by Gasteiger charge is 2.24. The molecular formula is C19H23N3O2. The molecule has 5 heteroatoms. The van der Waals surface area contributed by atoms with E-state index < -0.39 is 0 Å². The fourth-order valence-electron chi connectivity index (χ4n) is 3.09. The molecule has 0 aromatic carbocycles. The number of amides is 1. The standard InChI is InChI=1S/C19H23N3O2/c1-13-17(5-3-11-20-13)19(23)22-15-7-9-16(10-8-15)24-18-6-4-12-21-14(18)2/h3-6,11-12,15-16H,7-10H2,1-2H3,(H,22,23). The third-order valence-corrected chi connectivity index (χ3v) is 4.51. The molecule has 0 spiro atoms. The maximum Gasteiger partial charge on any atom is 0.253 e. The molecule has 2 aromatic rings. The monoisotopic (exact) mass is 325 g/mol. The molecule has 126 valence electrons. The van der Waals surface area contributed by atoms with Crippen LogP contribution < -0.4 is 10.1 Å². The second kappa shape index (κ2) is 7.43. The van der Waals surface area contributed by atoms with Crippen LogP contribution in [0.2, 0.25) is 0 Å². The number of ether oxygens (including phenoxy) is 1. The smallest absolute Gasteiger partial charge is 0.253 e. The molecule has 0 atom stereocenters. The highest BCUT2D eigenvalue weighted by molar-refractivity contribution is 5.95. The Morgan fingerprint density at radius 1 is 1.04 bits per heavy atom. The highest BCUT2D eigenvalue weighted by atomic mass is 16.5. The summed E-state index contributed by atoms with van der Waals surface area (Å²) in [5.74, 6) is 0.823. The van der Waals surface area contributed by atoms with Gasteiger partial charge in [-0.15, -0.1) is 0 Å². The Labute approximate surface area is 142 Å². The molecule has 0 radical (unpaired) electrons. The molecule has 0 aliphatic heterocycles. The summed E-state index contributed by atoms with van der Waals surface area (Å²) in [7, 11) is 0. The second-order valence-electron chi connectivity index (χ2n) is 6.29. The normalized spacial score (nSPS) is 20.4. The van der Waals surface area contributed by atoms with E-state index in [1.165, 1.54) is 0 Å². The van der Waals surface area contributed by atoms with Gasteiger partial charge in [0.25, 0.3) is 5.91 Å². The van der Waals surface area contributed by atoms with Gasteiger partial charge in [0.2, 0.25) is 0 Å².